The average Bonchev–Trinajstić information content (AvgIpc) is 3.19. The van der Waals surface area contributed by atoms with Crippen LogP contribution in [0.4, 0.5) is 5.69 Å². The standard InChI is InChI=1S/C17H19N3O3/c1-13(12-19-9-4-8-18-19)23-17(22)14-5-2-6-15(11-14)20-10-3-7-16(20)21/h2,4-6,8-9,11,13H,3,7,10,12H2,1H3. The van der Waals surface area contributed by atoms with Crippen LogP contribution in [0.25, 0.3) is 0 Å². The van der Waals surface area contributed by atoms with Gasteiger partial charge in [-0.3, -0.25) is 9.48 Å². The van der Waals surface area contributed by atoms with E-state index in [0.717, 1.165) is 12.1 Å². The molecule has 0 aliphatic carbocycles. The van der Waals surface area contributed by atoms with E-state index in [0.29, 0.717) is 25.1 Å². The minimum atomic E-state index is -0.391. The Morgan fingerprint density at radius 3 is 2.96 bits per heavy atom. The molecule has 1 saturated heterocycles. The second-order valence-electron chi connectivity index (χ2n) is 5.64. The zero-order chi connectivity index (χ0) is 16.2. The number of nitrogens with zero attached hydrogens (tertiary/aromatic N) is 3. The molecule has 6 heteroatoms. The number of benzene rings is 1. The van der Waals surface area contributed by atoms with Gasteiger partial charge in [0.25, 0.3) is 0 Å². The zero-order valence-electron chi connectivity index (χ0n) is 13.0. The molecule has 1 aromatic carbocycles. The fourth-order valence-corrected chi connectivity index (χ4v) is 2.68. The molecule has 0 saturated carbocycles. The molecular formula is C17H19N3O3. The molecule has 1 aliphatic heterocycles. The van der Waals surface area contributed by atoms with Gasteiger partial charge in [0.05, 0.1) is 12.1 Å². The summed E-state index contributed by atoms with van der Waals surface area (Å²) < 4.78 is 7.17. The second kappa shape index (κ2) is 6.64. The van der Waals surface area contributed by atoms with E-state index in [2.05, 4.69) is 5.10 Å². The molecular weight excluding hydrogens is 294 g/mol. The van der Waals surface area contributed by atoms with Gasteiger partial charge in [-0.1, -0.05) is 6.07 Å². The van der Waals surface area contributed by atoms with Crippen molar-refractivity contribution < 1.29 is 14.3 Å². The van der Waals surface area contributed by atoms with Gasteiger partial charge < -0.3 is 9.64 Å². The Bertz CT molecular complexity index is 697. The number of carbonyl (C=O) groups is 2. The lowest BCUT2D eigenvalue weighted by Gasteiger charge is -2.17. The van der Waals surface area contributed by atoms with Crippen LogP contribution < -0.4 is 4.90 Å². The normalized spacial score (nSPS) is 15.7. The molecule has 2 heterocycles. The molecule has 1 amide bonds. The number of aromatic nitrogens is 2. The molecule has 2 aromatic rings. The number of hydrogen-bond donors (Lipinski definition) is 0. The summed E-state index contributed by atoms with van der Waals surface area (Å²) in [4.78, 5) is 25.8. The van der Waals surface area contributed by atoms with Crippen molar-refractivity contribution in [3.63, 3.8) is 0 Å². The molecule has 0 spiro atoms. The van der Waals surface area contributed by atoms with Crippen LogP contribution in [0.1, 0.15) is 30.1 Å². The van der Waals surface area contributed by atoms with Crippen molar-refractivity contribution in [3.8, 4) is 0 Å². The third kappa shape index (κ3) is 3.59. The Kier molecular flexibility index (Phi) is 4.41. The van der Waals surface area contributed by atoms with Gasteiger partial charge in [-0.25, -0.2) is 4.79 Å². The lowest BCUT2D eigenvalue weighted by Crippen LogP contribution is -2.24. The lowest BCUT2D eigenvalue weighted by molar-refractivity contribution is -0.117. The summed E-state index contributed by atoms with van der Waals surface area (Å²) >= 11 is 0. The van der Waals surface area contributed by atoms with E-state index in [1.54, 1.807) is 34.0 Å². The van der Waals surface area contributed by atoms with Crippen molar-refractivity contribution >= 4 is 17.6 Å². The number of amides is 1. The van der Waals surface area contributed by atoms with Gasteiger partial charge in [0, 0.05) is 31.0 Å². The highest BCUT2D eigenvalue weighted by atomic mass is 16.5. The third-order valence-corrected chi connectivity index (χ3v) is 3.78. The molecule has 1 fully saturated rings. The Morgan fingerprint density at radius 1 is 1.39 bits per heavy atom. The quantitative estimate of drug-likeness (QED) is 0.794. The summed E-state index contributed by atoms with van der Waals surface area (Å²) in [5.41, 5.74) is 1.20. The van der Waals surface area contributed by atoms with Gasteiger partial charge >= 0.3 is 5.97 Å². The van der Waals surface area contributed by atoms with E-state index in [1.165, 1.54) is 0 Å². The predicted molar refractivity (Wildman–Crippen MR) is 85.1 cm³/mol. The summed E-state index contributed by atoms with van der Waals surface area (Å²) in [6.45, 7) is 3.03. The van der Waals surface area contributed by atoms with E-state index >= 15 is 0 Å². The summed E-state index contributed by atoms with van der Waals surface area (Å²) in [7, 11) is 0. The average molecular weight is 313 g/mol. The highest BCUT2D eigenvalue weighted by Gasteiger charge is 2.22. The summed E-state index contributed by atoms with van der Waals surface area (Å²) in [5, 5.41) is 4.09. The molecule has 23 heavy (non-hydrogen) atoms. The number of anilines is 1. The summed E-state index contributed by atoms with van der Waals surface area (Å²) in [5.74, 6) is -0.291. The zero-order valence-corrected chi connectivity index (χ0v) is 13.0. The van der Waals surface area contributed by atoms with Gasteiger partial charge in [-0.2, -0.15) is 5.10 Å². The van der Waals surface area contributed by atoms with Crippen LogP contribution in [-0.2, 0) is 16.1 Å². The smallest absolute Gasteiger partial charge is 0.338 e. The van der Waals surface area contributed by atoms with Crippen LogP contribution in [-0.4, -0.2) is 34.3 Å². The maximum atomic E-state index is 12.3. The van der Waals surface area contributed by atoms with Gasteiger partial charge in [-0.05, 0) is 37.6 Å². The van der Waals surface area contributed by atoms with Gasteiger partial charge in [-0.15, -0.1) is 0 Å². The molecule has 6 nitrogen and oxygen atoms in total. The molecule has 0 N–H and O–H groups in total. The minimum absolute atomic E-state index is 0.0996. The topological polar surface area (TPSA) is 64.4 Å². The largest absolute Gasteiger partial charge is 0.457 e. The Hall–Kier alpha value is -2.63. The van der Waals surface area contributed by atoms with E-state index < -0.39 is 5.97 Å². The molecule has 0 bridgehead atoms. The van der Waals surface area contributed by atoms with Gasteiger partial charge in [0.2, 0.25) is 5.91 Å². The molecule has 0 radical (unpaired) electrons. The second-order valence-corrected chi connectivity index (χ2v) is 5.64. The molecule has 3 rings (SSSR count). The molecule has 1 unspecified atom stereocenters. The van der Waals surface area contributed by atoms with Crippen LogP contribution in [0.15, 0.2) is 42.7 Å². The molecule has 120 valence electrons. The lowest BCUT2D eigenvalue weighted by atomic mass is 10.2. The van der Waals surface area contributed by atoms with Crippen molar-refractivity contribution in [1.29, 1.82) is 0 Å². The van der Waals surface area contributed by atoms with E-state index in [4.69, 9.17) is 4.74 Å². The van der Waals surface area contributed by atoms with Crippen molar-refractivity contribution in [2.45, 2.75) is 32.4 Å². The van der Waals surface area contributed by atoms with Crippen LogP contribution in [0, 0.1) is 0 Å². The molecule has 1 aliphatic rings. The maximum Gasteiger partial charge on any atom is 0.338 e. The van der Waals surface area contributed by atoms with Crippen molar-refractivity contribution in [3.05, 3.63) is 48.3 Å². The number of rotatable bonds is 5. The van der Waals surface area contributed by atoms with Crippen molar-refractivity contribution in [1.82, 2.24) is 9.78 Å². The predicted octanol–water partition coefficient (Wildman–Crippen LogP) is 2.26. The van der Waals surface area contributed by atoms with Crippen LogP contribution >= 0.6 is 0 Å². The third-order valence-electron chi connectivity index (χ3n) is 3.78. The highest BCUT2D eigenvalue weighted by molar-refractivity contribution is 5.97. The summed E-state index contributed by atoms with van der Waals surface area (Å²) in [6.07, 6.45) is 4.64. The summed E-state index contributed by atoms with van der Waals surface area (Å²) in [6, 6.07) is 8.85. The molecule has 1 aromatic heterocycles. The maximum absolute atomic E-state index is 12.3. The first-order valence-electron chi connectivity index (χ1n) is 7.72. The van der Waals surface area contributed by atoms with Crippen molar-refractivity contribution in [2.24, 2.45) is 0 Å². The highest BCUT2D eigenvalue weighted by Crippen LogP contribution is 2.22. The first-order chi connectivity index (χ1) is 11.1. The molecule has 1 atom stereocenters. The number of carbonyl (C=O) groups excluding carboxylic acids is 2. The van der Waals surface area contributed by atoms with Crippen LogP contribution in [0.2, 0.25) is 0 Å². The fraction of sp³-hybridized carbons (Fsp3) is 0.353. The number of hydrogen-bond acceptors (Lipinski definition) is 4. The van der Waals surface area contributed by atoms with Crippen LogP contribution in [0.3, 0.4) is 0 Å². The fourth-order valence-electron chi connectivity index (χ4n) is 2.68. The Morgan fingerprint density at radius 2 is 2.26 bits per heavy atom. The van der Waals surface area contributed by atoms with Gasteiger partial charge in [0.15, 0.2) is 0 Å². The number of ether oxygens (including phenoxy) is 1. The van der Waals surface area contributed by atoms with Gasteiger partial charge in [0.1, 0.15) is 6.10 Å². The Labute approximate surface area is 134 Å². The van der Waals surface area contributed by atoms with E-state index in [1.807, 2.05) is 25.3 Å². The van der Waals surface area contributed by atoms with Crippen molar-refractivity contribution in [2.75, 3.05) is 11.4 Å². The van der Waals surface area contributed by atoms with Crippen LogP contribution in [0.5, 0.6) is 0 Å². The monoisotopic (exact) mass is 313 g/mol. The first-order valence-corrected chi connectivity index (χ1v) is 7.72. The first kappa shape index (κ1) is 15.3. The minimum Gasteiger partial charge on any atom is -0.457 e. The van der Waals surface area contributed by atoms with E-state index in [9.17, 15) is 9.59 Å². The SMILES string of the molecule is CC(Cn1cccn1)OC(=O)c1cccc(N2CCCC2=O)c1. The number of esters is 1. The van der Waals surface area contributed by atoms with E-state index in [-0.39, 0.29) is 12.0 Å². The Balaban J connectivity index is 1.66.